The molecule has 0 bridgehead atoms. The first-order chi connectivity index (χ1) is 9.65. The number of nitrogen functional groups attached to an aromatic ring is 1. The van der Waals surface area contributed by atoms with Crippen molar-refractivity contribution in [2.75, 3.05) is 12.3 Å². The molecule has 1 aromatic carbocycles. The molecule has 0 aromatic heterocycles. The van der Waals surface area contributed by atoms with Crippen LogP contribution in [-0.4, -0.2) is 18.6 Å². The first-order valence-corrected chi connectivity index (χ1v) is 7.43. The lowest BCUT2D eigenvalue weighted by Crippen LogP contribution is -2.41. The van der Waals surface area contributed by atoms with Crippen molar-refractivity contribution in [2.45, 2.75) is 45.1 Å². The van der Waals surface area contributed by atoms with Crippen LogP contribution in [0.1, 0.15) is 39.0 Å². The molecular weight excluding hydrogens is 252 g/mol. The van der Waals surface area contributed by atoms with Crippen LogP contribution in [0, 0.1) is 5.92 Å². The lowest BCUT2D eigenvalue weighted by molar-refractivity contribution is -0.124. The summed E-state index contributed by atoms with van der Waals surface area (Å²) in [5, 5.41) is 3.04. The second-order valence-electron chi connectivity index (χ2n) is 5.62. The van der Waals surface area contributed by atoms with Gasteiger partial charge in [-0.25, -0.2) is 0 Å². The first kappa shape index (κ1) is 14.7. The summed E-state index contributed by atoms with van der Waals surface area (Å²) in [6.07, 6.45) is 6.33. The molecule has 1 saturated carbocycles. The molecule has 1 aromatic rings. The molecule has 1 fully saturated rings. The Morgan fingerprint density at radius 1 is 1.40 bits per heavy atom. The van der Waals surface area contributed by atoms with Gasteiger partial charge < -0.3 is 15.8 Å². The van der Waals surface area contributed by atoms with Crippen molar-refractivity contribution < 1.29 is 9.53 Å². The SMILES string of the molecule is CC(NC(=O)COc1cccc(N)c1)C1CCCCC1. The number of hydrogen-bond acceptors (Lipinski definition) is 3. The molecule has 1 unspecified atom stereocenters. The van der Waals surface area contributed by atoms with Gasteiger partial charge in [-0.2, -0.15) is 0 Å². The molecule has 0 saturated heterocycles. The van der Waals surface area contributed by atoms with Crippen LogP contribution >= 0.6 is 0 Å². The van der Waals surface area contributed by atoms with E-state index in [2.05, 4.69) is 12.2 Å². The molecule has 0 heterocycles. The maximum atomic E-state index is 11.9. The van der Waals surface area contributed by atoms with Crippen molar-refractivity contribution in [3.05, 3.63) is 24.3 Å². The standard InChI is InChI=1S/C16H24N2O2/c1-12(13-6-3-2-4-7-13)18-16(19)11-20-15-9-5-8-14(17)10-15/h5,8-10,12-13H,2-4,6-7,11,17H2,1H3,(H,18,19). The van der Waals surface area contributed by atoms with Gasteiger partial charge in [0.1, 0.15) is 5.75 Å². The molecule has 20 heavy (non-hydrogen) atoms. The van der Waals surface area contributed by atoms with E-state index in [4.69, 9.17) is 10.5 Å². The van der Waals surface area contributed by atoms with Crippen molar-refractivity contribution in [1.29, 1.82) is 0 Å². The van der Waals surface area contributed by atoms with Crippen LogP contribution in [0.3, 0.4) is 0 Å². The second-order valence-corrected chi connectivity index (χ2v) is 5.62. The van der Waals surface area contributed by atoms with E-state index in [1.54, 1.807) is 18.2 Å². The Balaban J connectivity index is 1.74. The van der Waals surface area contributed by atoms with Gasteiger partial charge in [0.15, 0.2) is 6.61 Å². The Morgan fingerprint density at radius 3 is 2.85 bits per heavy atom. The number of ether oxygens (including phenoxy) is 1. The van der Waals surface area contributed by atoms with Crippen LogP contribution in [0.2, 0.25) is 0 Å². The fraction of sp³-hybridized carbons (Fsp3) is 0.562. The summed E-state index contributed by atoms with van der Waals surface area (Å²) in [6, 6.07) is 7.35. The Labute approximate surface area is 120 Å². The molecule has 1 aliphatic carbocycles. The molecule has 1 aliphatic rings. The average Bonchev–Trinajstić information content (AvgIpc) is 2.46. The predicted octanol–water partition coefficient (Wildman–Crippen LogP) is 2.73. The molecule has 4 nitrogen and oxygen atoms in total. The zero-order chi connectivity index (χ0) is 14.4. The van der Waals surface area contributed by atoms with Crippen LogP contribution in [0.25, 0.3) is 0 Å². The van der Waals surface area contributed by atoms with Gasteiger partial charge in [0, 0.05) is 17.8 Å². The van der Waals surface area contributed by atoms with Crippen molar-refractivity contribution >= 4 is 11.6 Å². The minimum atomic E-state index is -0.0644. The van der Waals surface area contributed by atoms with E-state index in [1.165, 1.54) is 32.1 Å². The Hall–Kier alpha value is -1.71. The quantitative estimate of drug-likeness (QED) is 0.813. The first-order valence-electron chi connectivity index (χ1n) is 7.43. The summed E-state index contributed by atoms with van der Waals surface area (Å²) >= 11 is 0. The normalized spacial score (nSPS) is 17.4. The summed E-state index contributed by atoms with van der Waals surface area (Å²) in [6.45, 7) is 2.13. The van der Waals surface area contributed by atoms with E-state index in [9.17, 15) is 4.79 Å². The van der Waals surface area contributed by atoms with E-state index >= 15 is 0 Å². The molecule has 4 heteroatoms. The van der Waals surface area contributed by atoms with E-state index < -0.39 is 0 Å². The number of carbonyl (C=O) groups excluding carboxylic acids is 1. The number of nitrogens with one attached hydrogen (secondary N) is 1. The Bertz CT molecular complexity index is 442. The van der Waals surface area contributed by atoms with Gasteiger partial charge in [0.05, 0.1) is 0 Å². The molecule has 0 aliphatic heterocycles. The van der Waals surface area contributed by atoms with E-state index in [0.29, 0.717) is 17.4 Å². The highest BCUT2D eigenvalue weighted by Crippen LogP contribution is 2.26. The molecule has 0 spiro atoms. The summed E-state index contributed by atoms with van der Waals surface area (Å²) in [7, 11) is 0. The highest BCUT2D eigenvalue weighted by Gasteiger charge is 2.21. The number of nitrogens with two attached hydrogens (primary N) is 1. The third-order valence-corrected chi connectivity index (χ3v) is 3.97. The number of anilines is 1. The minimum Gasteiger partial charge on any atom is -0.484 e. The Morgan fingerprint density at radius 2 is 2.15 bits per heavy atom. The van der Waals surface area contributed by atoms with Gasteiger partial charge in [0.2, 0.25) is 0 Å². The summed E-state index contributed by atoms with van der Waals surface area (Å²) in [4.78, 5) is 11.9. The zero-order valence-electron chi connectivity index (χ0n) is 12.1. The number of benzene rings is 1. The fourth-order valence-electron chi connectivity index (χ4n) is 2.80. The minimum absolute atomic E-state index is 0.0422. The third kappa shape index (κ3) is 4.44. The van der Waals surface area contributed by atoms with Gasteiger partial charge in [-0.3, -0.25) is 4.79 Å². The smallest absolute Gasteiger partial charge is 0.258 e. The van der Waals surface area contributed by atoms with Crippen molar-refractivity contribution in [1.82, 2.24) is 5.32 Å². The van der Waals surface area contributed by atoms with E-state index in [1.807, 2.05) is 6.07 Å². The number of amides is 1. The summed E-state index contributed by atoms with van der Waals surface area (Å²) in [5.74, 6) is 1.18. The molecule has 1 atom stereocenters. The highest BCUT2D eigenvalue weighted by molar-refractivity contribution is 5.77. The number of rotatable bonds is 5. The molecule has 1 amide bonds. The average molecular weight is 276 g/mol. The molecule has 110 valence electrons. The largest absolute Gasteiger partial charge is 0.484 e. The molecule has 0 radical (unpaired) electrons. The second kappa shape index (κ2) is 7.17. The zero-order valence-corrected chi connectivity index (χ0v) is 12.1. The van der Waals surface area contributed by atoms with Crippen molar-refractivity contribution in [3.8, 4) is 5.75 Å². The molecular formula is C16H24N2O2. The summed E-state index contributed by atoms with van der Waals surface area (Å²) in [5.41, 5.74) is 6.30. The van der Waals surface area contributed by atoms with Crippen LogP contribution in [-0.2, 0) is 4.79 Å². The molecule has 2 rings (SSSR count). The van der Waals surface area contributed by atoms with Crippen LogP contribution in [0.15, 0.2) is 24.3 Å². The van der Waals surface area contributed by atoms with Gasteiger partial charge in [-0.1, -0.05) is 25.3 Å². The van der Waals surface area contributed by atoms with E-state index in [0.717, 1.165) is 0 Å². The highest BCUT2D eigenvalue weighted by atomic mass is 16.5. The van der Waals surface area contributed by atoms with E-state index in [-0.39, 0.29) is 18.6 Å². The van der Waals surface area contributed by atoms with Crippen molar-refractivity contribution in [3.63, 3.8) is 0 Å². The third-order valence-electron chi connectivity index (χ3n) is 3.97. The maximum Gasteiger partial charge on any atom is 0.258 e. The Kier molecular flexibility index (Phi) is 5.27. The van der Waals surface area contributed by atoms with Crippen LogP contribution in [0.4, 0.5) is 5.69 Å². The maximum absolute atomic E-state index is 11.9. The van der Waals surface area contributed by atoms with Crippen LogP contribution in [0.5, 0.6) is 5.75 Å². The van der Waals surface area contributed by atoms with Gasteiger partial charge in [-0.15, -0.1) is 0 Å². The molecule has 3 N–H and O–H groups in total. The lowest BCUT2D eigenvalue weighted by atomic mass is 9.84. The fourth-order valence-corrected chi connectivity index (χ4v) is 2.80. The van der Waals surface area contributed by atoms with Gasteiger partial charge >= 0.3 is 0 Å². The van der Waals surface area contributed by atoms with Gasteiger partial charge in [0.25, 0.3) is 5.91 Å². The van der Waals surface area contributed by atoms with Crippen molar-refractivity contribution in [2.24, 2.45) is 5.92 Å². The lowest BCUT2D eigenvalue weighted by Gasteiger charge is -2.28. The van der Waals surface area contributed by atoms with Crippen LogP contribution < -0.4 is 15.8 Å². The van der Waals surface area contributed by atoms with Gasteiger partial charge in [-0.05, 0) is 37.8 Å². The monoisotopic (exact) mass is 276 g/mol. The number of hydrogen-bond donors (Lipinski definition) is 2. The number of carbonyl (C=O) groups is 1. The summed E-state index contributed by atoms with van der Waals surface area (Å²) < 4.78 is 5.44. The predicted molar refractivity (Wildman–Crippen MR) is 80.5 cm³/mol. The topological polar surface area (TPSA) is 64.3 Å².